The maximum absolute atomic E-state index is 13.6. The lowest BCUT2D eigenvalue weighted by Crippen LogP contribution is -1.90. The highest BCUT2D eigenvalue weighted by molar-refractivity contribution is 5.78. The van der Waals surface area contributed by atoms with Crippen LogP contribution in [0.1, 0.15) is 11.1 Å². The predicted molar refractivity (Wildman–Crippen MR) is 62.6 cm³/mol. The molecule has 0 heterocycles. The van der Waals surface area contributed by atoms with E-state index < -0.39 is 5.82 Å². The molecule has 0 spiro atoms. The molecule has 0 radical (unpaired) electrons. The van der Waals surface area contributed by atoms with Crippen molar-refractivity contribution < 1.29 is 9.50 Å². The Hall–Kier alpha value is -2.09. The number of aromatic hydroxyl groups is 1. The Morgan fingerprint density at radius 3 is 2.38 bits per heavy atom. The van der Waals surface area contributed by atoms with Crippen LogP contribution < -0.4 is 0 Å². The second kappa shape index (κ2) is 4.19. The second-order valence-electron chi connectivity index (χ2n) is 3.48. The molecule has 0 aliphatic carbocycles. The van der Waals surface area contributed by atoms with Gasteiger partial charge in [0.15, 0.2) is 11.6 Å². The van der Waals surface area contributed by atoms with E-state index in [1.54, 1.807) is 12.1 Å². The van der Waals surface area contributed by atoms with Crippen LogP contribution in [0.15, 0.2) is 55.1 Å². The standard InChI is InChI=1S/C14H11FO/c1-10(11-6-3-2-4-7-11)12-8-5-9-13(16)14(12)15/h2-9,16H,1H2. The smallest absolute Gasteiger partial charge is 0.172 e. The molecule has 0 fully saturated rings. The average Bonchev–Trinajstić information content (AvgIpc) is 2.33. The lowest BCUT2D eigenvalue weighted by Gasteiger charge is -2.08. The third-order valence-electron chi connectivity index (χ3n) is 2.43. The van der Waals surface area contributed by atoms with Gasteiger partial charge in [0.25, 0.3) is 0 Å². The van der Waals surface area contributed by atoms with E-state index in [2.05, 4.69) is 6.58 Å². The Morgan fingerprint density at radius 1 is 1.00 bits per heavy atom. The first kappa shape index (κ1) is 10.4. The van der Waals surface area contributed by atoms with Crippen molar-refractivity contribution in [2.75, 3.05) is 0 Å². The van der Waals surface area contributed by atoms with Crippen LogP contribution in [0.2, 0.25) is 0 Å². The summed E-state index contributed by atoms with van der Waals surface area (Å²) in [4.78, 5) is 0. The zero-order valence-electron chi connectivity index (χ0n) is 8.65. The monoisotopic (exact) mass is 214 g/mol. The van der Waals surface area contributed by atoms with E-state index in [1.165, 1.54) is 6.07 Å². The molecular formula is C14H11FO. The fourth-order valence-corrected chi connectivity index (χ4v) is 1.55. The third-order valence-corrected chi connectivity index (χ3v) is 2.43. The Balaban J connectivity index is 2.46. The quantitative estimate of drug-likeness (QED) is 0.809. The summed E-state index contributed by atoms with van der Waals surface area (Å²) in [7, 11) is 0. The van der Waals surface area contributed by atoms with E-state index in [-0.39, 0.29) is 5.75 Å². The molecule has 2 aromatic carbocycles. The van der Waals surface area contributed by atoms with Gasteiger partial charge in [-0.2, -0.15) is 0 Å². The normalized spacial score (nSPS) is 10.1. The van der Waals surface area contributed by atoms with Crippen molar-refractivity contribution in [1.82, 2.24) is 0 Å². The molecule has 80 valence electrons. The van der Waals surface area contributed by atoms with Gasteiger partial charge in [0, 0.05) is 5.56 Å². The van der Waals surface area contributed by atoms with Gasteiger partial charge in [-0.25, -0.2) is 4.39 Å². The first-order chi connectivity index (χ1) is 7.70. The van der Waals surface area contributed by atoms with Crippen LogP contribution in [0.5, 0.6) is 5.75 Å². The van der Waals surface area contributed by atoms with Gasteiger partial charge in [0.1, 0.15) is 0 Å². The number of hydrogen-bond donors (Lipinski definition) is 1. The molecule has 1 nitrogen and oxygen atoms in total. The Labute approximate surface area is 93.5 Å². The number of benzene rings is 2. The Morgan fingerprint density at radius 2 is 1.69 bits per heavy atom. The molecular weight excluding hydrogens is 203 g/mol. The highest BCUT2D eigenvalue weighted by Gasteiger charge is 2.10. The van der Waals surface area contributed by atoms with Crippen LogP contribution in [0, 0.1) is 5.82 Å². The molecule has 0 atom stereocenters. The van der Waals surface area contributed by atoms with Gasteiger partial charge in [-0.3, -0.25) is 0 Å². The van der Waals surface area contributed by atoms with Crippen molar-refractivity contribution in [3.63, 3.8) is 0 Å². The Kier molecular flexibility index (Phi) is 2.73. The molecule has 0 aliphatic rings. The summed E-state index contributed by atoms with van der Waals surface area (Å²) < 4.78 is 13.6. The van der Waals surface area contributed by atoms with Gasteiger partial charge >= 0.3 is 0 Å². The zero-order chi connectivity index (χ0) is 11.5. The van der Waals surface area contributed by atoms with Crippen LogP contribution in [-0.4, -0.2) is 5.11 Å². The average molecular weight is 214 g/mol. The van der Waals surface area contributed by atoms with E-state index in [0.29, 0.717) is 11.1 Å². The molecule has 1 N–H and O–H groups in total. The molecule has 2 aromatic rings. The maximum Gasteiger partial charge on any atom is 0.172 e. The maximum atomic E-state index is 13.6. The predicted octanol–water partition coefficient (Wildman–Crippen LogP) is 3.59. The van der Waals surface area contributed by atoms with Gasteiger partial charge in [0.2, 0.25) is 0 Å². The number of rotatable bonds is 2. The summed E-state index contributed by atoms with van der Waals surface area (Å²) in [5.74, 6) is -0.981. The van der Waals surface area contributed by atoms with Gasteiger partial charge in [-0.05, 0) is 17.2 Å². The highest BCUT2D eigenvalue weighted by Crippen LogP contribution is 2.28. The molecule has 0 saturated carbocycles. The molecule has 0 amide bonds. The fourth-order valence-electron chi connectivity index (χ4n) is 1.55. The van der Waals surface area contributed by atoms with Gasteiger partial charge in [-0.15, -0.1) is 0 Å². The molecule has 2 heteroatoms. The lowest BCUT2D eigenvalue weighted by molar-refractivity contribution is 0.431. The third kappa shape index (κ3) is 1.82. The summed E-state index contributed by atoms with van der Waals surface area (Å²) >= 11 is 0. The van der Waals surface area contributed by atoms with Gasteiger partial charge in [0.05, 0.1) is 0 Å². The minimum atomic E-state index is -0.628. The van der Waals surface area contributed by atoms with E-state index >= 15 is 0 Å². The molecule has 2 rings (SSSR count). The van der Waals surface area contributed by atoms with Gasteiger partial charge in [-0.1, -0.05) is 49.0 Å². The first-order valence-corrected chi connectivity index (χ1v) is 4.92. The minimum absolute atomic E-state index is 0.325. The molecule has 0 unspecified atom stereocenters. The van der Waals surface area contributed by atoms with E-state index in [1.807, 2.05) is 30.3 Å². The van der Waals surface area contributed by atoms with Crippen LogP contribution in [0.3, 0.4) is 0 Å². The molecule has 0 aromatic heterocycles. The zero-order valence-corrected chi connectivity index (χ0v) is 8.65. The van der Waals surface area contributed by atoms with Crippen LogP contribution >= 0.6 is 0 Å². The summed E-state index contributed by atoms with van der Waals surface area (Å²) in [5, 5.41) is 9.28. The largest absolute Gasteiger partial charge is 0.505 e. The summed E-state index contributed by atoms with van der Waals surface area (Å²) in [6, 6.07) is 13.8. The summed E-state index contributed by atoms with van der Waals surface area (Å²) in [5.41, 5.74) is 1.73. The molecule has 0 bridgehead atoms. The minimum Gasteiger partial charge on any atom is -0.505 e. The first-order valence-electron chi connectivity index (χ1n) is 4.92. The fraction of sp³-hybridized carbons (Fsp3) is 0. The highest BCUT2D eigenvalue weighted by atomic mass is 19.1. The van der Waals surface area contributed by atoms with Crippen LogP contribution in [-0.2, 0) is 0 Å². The number of phenols is 1. The van der Waals surface area contributed by atoms with Crippen molar-refractivity contribution in [2.45, 2.75) is 0 Å². The van der Waals surface area contributed by atoms with Crippen molar-refractivity contribution in [1.29, 1.82) is 0 Å². The van der Waals surface area contributed by atoms with Crippen molar-refractivity contribution in [2.24, 2.45) is 0 Å². The number of hydrogen-bond acceptors (Lipinski definition) is 1. The molecule has 0 saturated heterocycles. The topological polar surface area (TPSA) is 20.2 Å². The SMILES string of the molecule is C=C(c1ccccc1)c1cccc(O)c1F. The summed E-state index contributed by atoms with van der Waals surface area (Å²) in [6.07, 6.45) is 0. The number of halogens is 1. The van der Waals surface area contributed by atoms with Crippen LogP contribution in [0.4, 0.5) is 4.39 Å². The van der Waals surface area contributed by atoms with Crippen molar-refractivity contribution in [3.05, 3.63) is 72.1 Å². The van der Waals surface area contributed by atoms with E-state index in [4.69, 9.17) is 0 Å². The van der Waals surface area contributed by atoms with Crippen molar-refractivity contribution >= 4 is 5.57 Å². The molecule has 0 aliphatic heterocycles. The summed E-state index contributed by atoms with van der Waals surface area (Å²) in [6.45, 7) is 3.85. The van der Waals surface area contributed by atoms with Crippen LogP contribution in [0.25, 0.3) is 5.57 Å². The van der Waals surface area contributed by atoms with Gasteiger partial charge < -0.3 is 5.11 Å². The van der Waals surface area contributed by atoms with E-state index in [0.717, 1.165) is 5.56 Å². The van der Waals surface area contributed by atoms with E-state index in [9.17, 15) is 9.50 Å². The molecule has 16 heavy (non-hydrogen) atoms. The second-order valence-corrected chi connectivity index (χ2v) is 3.48. The van der Waals surface area contributed by atoms with Crippen molar-refractivity contribution in [3.8, 4) is 5.75 Å². The lowest BCUT2D eigenvalue weighted by atomic mass is 9.99. The Bertz CT molecular complexity index is 518. The number of phenolic OH excluding ortho intramolecular Hbond substituents is 1.